The summed E-state index contributed by atoms with van der Waals surface area (Å²) in [6.45, 7) is 3.60. The third-order valence-corrected chi connectivity index (χ3v) is 3.38. The molecule has 0 aromatic carbocycles. The Kier molecular flexibility index (Phi) is 4.48. The molecule has 1 unspecified atom stereocenters. The van der Waals surface area contributed by atoms with Gasteiger partial charge in [0.1, 0.15) is 18.3 Å². The fraction of sp³-hybridized carbons (Fsp3) is 0.833. The molecule has 1 N–H and O–H groups in total. The van der Waals surface area contributed by atoms with Crippen molar-refractivity contribution in [3.8, 4) is 0 Å². The lowest BCUT2D eigenvalue weighted by molar-refractivity contribution is -0.179. The quantitative estimate of drug-likeness (QED) is 0.268. The van der Waals surface area contributed by atoms with Gasteiger partial charge in [0.25, 0.3) is 0 Å². The molecule has 4 atom stereocenters. The van der Waals surface area contributed by atoms with E-state index in [-0.39, 0.29) is 18.7 Å². The van der Waals surface area contributed by atoms with Gasteiger partial charge < -0.3 is 24.4 Å². The number of nitrogens with zero attached hydrogens (tertiary/aromatic N) is 3. The zero-order chi connectivity index (χ0) is 15.6. The number of ether oxygens (including phenoxy) is 4. The minimum Gasteiger partial charge on any atom is -0.469 e. The lowest BCUT2D eigenvalue weighted by atomic mass is 10.0. The first-order chi connectivity index (χ1) is 9.88. The number of carbonyl (C=O) groups is 1. The van der Waals surface area contributed by atoms with Crippen LogP contribution in [0.2, 0.25) is 0 Å². The van der Waals surface area contributed by atoms with Gasteiger partial charge in [0, 0.05) is 4.91 Å². The second-order valence-corrected chi connectivity index (χ2v) is 5.35. The minimum atomic E-state index is -0.808. The molecule has 0 saturated carbocycles. The van der Waals surface area contributed by atoms with Gasteiger partial charge in [-0.25, -0.2) is 0 Å². The van der Waals surface area contributed by atoms with Crippen LogP contribution in [0.15, 0.2) is 5.11 Å². The molecule has 2 fully saturated rings. The van der Waals surface area contributed by atoms with Gasteiger partial charge in [-0.05, 0) is 19.4 Å². The lowest BCUT2D eigenvalue weighted by Gasteiger charge is -2.23. The summed E-state index contributed by atoms with van der Waals surface area (Å²) < 4.78 is 21.7. The molecule has 2 saturated heterocycles. The Labute approximate surface area is 121 Å². The van der Waals surface area contributed by atoms with Crippen LogP contribution in [0, 0.1) is 5.41 Å². The normalized spacial score (nSPS) is 33.1. The number of methoxy groups -OCH3 is 1. The van der Waals surface area contributed by atoms with Crippen molar-refractivity contribution >= 4 is 11.7 Å². The predicted molar refractivity (Wildman–Crippen MR) is 70.9 cm³/mol. The second-order valence-electron chi connectivity index (χ2n) is 5.35. The van der Waals surface area contributed by atoms with E-state index in [0.717, 1.165) is 0 Å². The number of esters is 1. The molecule has 9 heteroatoms. The Morgan fingerprint density at radius 2 is 2.10 bits per heavy atom. The summed E-state index contributed by atoms with van der Waals surface area (Å²) in [5.41, 5.74) is 8.48. The molecule has 2 aliphatic heterocycles. The molecule has 0 bridgehead atoms. The van der Waals surface area contributed by atoms with E-state index in [1.54, 1.807) is 13.8 Å². The smallest absolute Gasteiger partial charge is 0.311 e. The van der Waals surface area contributed by atoms with E-state index >= 15 is 0 Å². The SMILES string of the molecule is COC(=O)CC(=N)[C@@H]1O[C@H](CN=[N+]=[N-])[C@H]2OC(C)(C)OC12. The average molecular weight is 298 g/mol. The molecule has 0 radical (unpaired) electrons. The van der Waals surface area contributed by atoms with Gasteiger partial charge in [-0.3, -0.25) is 4.79 Å². The summed E-state index contributed by atoms with van der Waals surface area (Å²) >= 11 is 0. The molecule has 9 nitrogen and oxygen atoms in total. The largest absolute Gasteiger partial charge is 0.469 e. The van der Waals surface area contributed by atoms with Gasteiger partial charge in [-0.1, -0.05) is 5.11 Å². The second kappa shape index (κ2) is 5.98. The summed E-state index contributed by atoms with van der Waals surface area (Å²) in [5, 5.41) is 11.5. The number of carbonyl (C=O) groups excluding carboxylic acids is 1. The molecular formula is C12H18N4O5. The molecule has 2 rings (SSSR count). The maximum absolute atomic E-state index is 11.3. The van der Waals surface area contributed by atoms with Gasteiger partial charge in [0.15, 0.2) is 5.79 Å². The van der Waals surface area contributed by atoms with Gasteiger partial charge in [0.2, 0.25) is 0 Å². The summed E-state index contributed by atoms with van der Waals surface area (Å²) in [6.07, 6.45) is -2.34. The van der Waals surface area contributed by atoms with E-state index in [9.17, 15) is 4.79 Å². The van der Waals surface area contributed by atoms with Gasteiger partial charge >= 0.3 is 5.97 Å². The summed E-state index contributed by atoms with van der Waals surface area (Å²) in [7, 11) is 1.26. The van der Waals surface area contributed by atoms with Crippen LogP contribution in [-0.2, 0) is 23.7 Å². The first-order valence-electron chi connectivity index (χ1n) is 6.54. The monoisotopic (exact) mass is 298 g/mol. The van der Waals surface area contributed by atoms with Crippen LogP contribution in [0.3, 0.4) is 0 Å². The van der Waals surface area contributed by atoms with Crippen molar-refractivity contribution in [1.82, 2.24) is 0 Å². The van der Waals surface area contributed by atoms with Crippen LogP contribution in [-0.4, -0.2) is 55.5 Å². The zero-order valence-corrected chi connectivity index (χ0v) is 12.1. The molecule has 116 valence electrons. The maximum Gasteiger partial charge on any atom is 0.311 e. The Balaban J connectivity index is 2.13. The summed E-state index contributed by atoms with van der Waals surface area (Å²) in [4.78, 5) is 14.0. The van der Waals surface area contributed by atoms with E-state index < -0.39 is 36.2 Å². The van der Waals surface area contributed by atoms with E-state index in [1.165, 1.54) is 7.11 Å². The van der Waals surface area contributed by atoms with Crippen molar-refractivity contribution in [2.45, 2.75) is 50.5 Å². The van der Waals surface area contributed by atoms with Crippen molar-refractivity contribution in [2.75, 3.05) is 13.7 Å². The first kappa shape index (κ1) is 15.7. The lowest BCUT2D eigenvalue weighted by Crippen LogP contribution is -2.36. The van der Waals surface area contributed by atoms with Crippen LogP contribution in [0.4, 0.5) is 0 Å². The topological polar surface area (TPSA) is 127 Å². The van der Waals surface area contributed by atoms with Crippen molar-refractivity contribution in [2.24, 2.45) is 5.11 Å². The van der Waals surface area contributed by atoms with Crippen molar-refractivity contribution in [3.05, 3.63) is 10.4 Å². The maximum atomic E-state index is 11.3. The summed E-state index contributed by atoms with van der Waals surface area (Å²) in [6, 6.07) is 0. The predicted octanol–water partition coefficient (Wildman–Crippen LogP) is 1.17. The molecule has 21 heavy (non-hydrogen) atoms. The third-order valence-electron chi connectivity index (χ3n) is 3.38. The molecule has 0 aromatic rings. The first-order valence-corrected chi connectivity index (χ1v) is 6.54. The average Bonchev–Trinajstić information content (AvgIpc) is 2.89. The van der Waals surface area contributed by atoms with Crippen molar-refractivity contribution in [1.29, 1.82) is 5.41 Å². The highest BCUT2D eigenvalue weighted by Crippen LogP contribution is 2.39. The Hall–Kier alpha value is -1.67. The Bertz CT molecular complexity index is 488. The highest BCUT2D eigenvalue weighted by Gasteiger charge is 2.55. The third kappa shape index (κ3) is 3.33. The number of rotatable bonds is 5. The van der Waals surface area contributed by atoms with Crippen LogP contribution < -0.4 is 0 Å². The fourth-order valence-corrected chi connectivity index (χ4v) is 2.55. The van der Waals surface area contributed by atoms with E-state index in [1.807, 2.05) is 0 Å². The van der Waals surface area contributed by atoms with Crippen LogP contribution in [0.5, 0.6) is 0 Å². The van der Waals surface area contributed by atoms with Crippen molar-refractivity contribution < 1.29 is 23.7 Å². The molecule has 2 heterocycles. The number of azide groups is 1. The fourth-order valence-electron chi connectivity index (χ4n) is 2.55. The van der Waals surface area contributed by atoms with E-state index in [4.69, 9.17) is 25.2 Å². The summed E-state index contributed by atoms with van der Waals surface area (Å²) in [5.74, 6) is -1.32. The number of hydrogen-bond acceptors (Lipinski definition) is 7. The number of nitrogens with one attached hydrogen (secondary N) is 1. The van der Waals surface area contributed by atoms with Gasteiger partial charge in [0.05, 0.1) is 31.9 Å². The Morgan fingerprint density at radius 1 is 1.43 bits per heavy atom. The zero-order valence-electron chi connectivity index (χ0n) is 12.1. The van der Waals surface area contributed by atoms with Crippen LogP contribution in [0.1, 0.15) is 20.3 Å². The Morgan fingerprint density at radius 3 is 2.71 bits per heavy atom. The molecule has 0 aliphatic carbocycles. The van der Waals surface area contributed by atoms with E-state index in [2.05, 4.69) is 14.8 Å². The minimum absolute atomic E-state index is 0.0570. The molecule has 0 spiro atoms. The molecular weight excluding hydrogens is 280 g/mol. The molecule has 0 amide bonds. The van der Waals surface area contributed by atoms with Gasteiger partial charge in [-0.2, -0.15) is 0 Å². The standard InChI is InChI=1S/C12H18N4O5/c1-12(2)20-10-7(5-15-16-14)19-9(11(10)21-12)6(13)4-8(17)18-3/h7,9-11,13H,4-5H2,1-3H3/t7-,9+,10-,11?/m1/s1. The van der Waals surface area contributed by atoms with Crippen molar-refractivity contribution in [3.63, 3.8) is 0 Å². The van der Waals surface area contributed by atoms with Crippen LogP contribution in [0.25, 0.3) is 10.4 Å². The highest BCUT2D eigenvalue weighted by atomic mass is 16.8. The van der Waals surface area contributed by atoms with Crippen LogP contribution >= 0.6 is 0 Å². The number of fused-ring (bicyclic) bond motifs is 1. The van der Waals surface area contributed by atoms with E-state index in [0.29, 0.717) is 0 Å². The number of hydrogen-bond donors (Lipinski definition) is 1. The van der Waals surface area contributed by atoms with Gasteiger partial charge in [-0.15, -0.1) is 0 Å². The molecule has 2 aliphatic rings. The molecule has 0 aromatic heterocycles. The highest BCUT2D eigenvalue weighted by molar-refractivity contribution is 6.00.